The van der Waals surface area contributed by atoms with Gasteiger partial charge in [0.15, 0.2) is 5.96 Å². The summed E-state index contributed by atoms with van der Waals surface area (Å²) < 4.78 is 5.34. The van der Waals surface area contributed by atoms with E-state index in [1.54, 1.807) is 6.26 Å². The van der Waals surface area contributed by atoms with Crippen molar-refractivity contribution in [2.45, 2.75) is 25.5 Å². The first kappa shape index (κ1) is 19.7. The zero-order chi connectivity index (χ0) is 19.7. The average molecular weight is 377 g/mol. The van der Waals surface area contributed by atoms with E-state index in [0.29, 0.717) is 25.5 Å². The van der Waals surface area contributed by atoms with E-state index in [4.69, 9.17) is 4.42 Å². The zero-order valence-electron chi connectivity index (χ0n) is 16.1. The van der Waals surface area contributed by atoms with E-state index >= 15 is 0 Å². The molecule has 0 saturated carbocycles. The number of furan rings is 1. The van der Waals surface area contributed by atoms with Crippen LogP contribution in [0.5, 0.6) is 0 Å². The maximum atomic E-state index is 11.5. The van der Waals surface area contributed by atoms with E-state index in [1.165, 1.54) is 0 Å². The highest BCUT2D eigenvalue weighted by Crippen LogP contribution is 2.25. The van der Waals surface area contributed by atoms with Gasteiger partial charge in [-0.2, -0.15) is 0 Å². The van der Waals surface area contributed by atoms with Gasteiger partial charge in [-0.3, -0.25) is 0 Å². The topological polar surface area (TPSA) is 69.8 Å². The van der Waals surface area contributed by atoms with Crippen molar-refractivity contribution < 1.29 is 9.52 Å². The van der Waals surface area contributed by atoms with E-state index < -0.39 is 5.60 Å². The number of benzene rings is 2. The minimum Gasteiger partial charge on any atom is -0.467 e. The van der Waals surface area contributed by atoms with E-state index in [9.17, 15) is 5.11 Å². The molecule has 0 bridgehead atoms. The van der Waals surface area contributed by atoms with Gasteiger partial charge in [-0.1, -0.05) is 60.7 Å². The number of guanidine groups is 1. The molecule has 1 aromatic heterocycles. The minimum atomic E-state index is -1.07. The van der Waals surface area contributed by atoms with E-state index in [-0.39, 0.29) is 0 Å². The predicted octanol–water partition coefficient (Wildman–Crippen LogP) is 3.47. The van der Waals surface area contributed by atoms with Crippen LogP contribution < -0.4 is 10.6 Å². The van der Waals surface area contributed by atoms with Gasteiger partial charge in [0.2, 0.25) is 0 Å². The van der Waals surface area contributed by atoms with Crippen LogP contribution >= 0.6 is 0 Å². The van der Waals surface area contributed by atoms with Gasteiger partial charge < -0.3 is 20.2 Å². The Labute approximate surface area is 166 Å². The Morgan fingerprint density at radius 2 is 1.68 bits per heavy atom. The number of aliphatic hydroxyl groups is 1. The molecular weight excluding hydrogens is 350 g/mol. The molecule has 0 aliphatic rings. The molecule has 5 nitrogen and oxygen atoms in total. The number of nitrogens with one attached hydrogen (secondary N) is 2. The smallest absolute Gasteiger partial charge is 0.191 e. The average Bonchev–Trinajstić information content (AvgIpc) is 3.25. The van der Waals surface area contributed by atoms with Crippen LogP contribution in [0.1, 0.15) is 23.8 Å². The summed E-state index contributed by atoms with van der Waals surface area (Å²) in [5, 5.41) is 18.1. The van der Waals surface area contributed by atoms with Crippen molar-refractivity contribution in [2.75, 3.05) is 13.1 Å². The Bertz CT molecular complexity index is 848. The summed E-state index contributed by atoms with van der Waals surface area (Å²) in [6.45, 7) is 3.50. The molecule has 146 valence electrons. The van der Waals surface area contributed by atoms with Crippen molar-refractivity contribution in [1.82, 2.24) is 10.6 Å². The summed E-state index contributed by atoms with van der Waals surface area (Å²) in [5.41, 5.74) is 0.880. The molecule has 5 heteroatoms. The fourth-order valence-electron chi connectivity index (χ4n) is 3.08. The highest BCUT2D eigenvalue weighted by Gasteiger charge is 2.29. The lowest BCUT2D eigenvalue weighted by atomic mass is 9.87. The third-order valence-electron chi connectivity index (χ3n) is 4.52. The van der Waals surface area contributed by atoms with Crippen LogP contribution in [0.2, 0.25) is 0 Å². The molecule has 1 heterocycles. The molecule has 3 N–H and O–H groups in total. The molecular formula is C23H27N3O2. The number of nitrogens with zero attached hydrogens (tertiary/aromatic N) is 1. The maximum absolute atomic E-state index is 11.5. The molecule has 28 heavy (non-hydrogen) atoms. The molecule has 0 aliphatic carbocycles. The second-order valence-electron chi connectivity index (χ2n) is 6.69. The summed E-state index contributed by atoms with van der Waals surface area (Å²) in [5.74, 6) is 1.43. The quantitative estimate of drug-likeness (QED) is 0.415. The molecule has 0 aliphatic heterocycles. The van der Waals surface area contributed by atoms with Crippen molar-refractivity contribution in [3.05, 3.63) is 95.9 Å². The third-order valence-corrected chi connectivity index (χ3v) is 4.52. The van der Waals surface area contributed by atoms with Gasteiger partial charge in [-0.25, -0.2) is 4.99 Å². The number of aliphatic imine (C=N–C) groups is 1. The highest BCUT2D eigenvalue weighted by molar-refractivity contribution is 5.79. The summed E-state index contributed by atoms with van der Waals surface area (Å²) in [6.07, 6.45) is 2.14. The predicted molar refractivity (Wildman–Crippen MR) is 112 cm³/mol. The van der Waals surface area contributed by atoms with E-state index in [0.717, 1.165) is 23.4 Å². The normalized spacial score (nSPS) is 13.7. The Morgan fingerprint density at radius 3 is 2.32 bits per heavy atom. The lowest BCUT2D eigenvalue weighted by molar-refractivity contribution is 0.0414. The van der Waals surface area contributed by atoms with Crippen molar-refractivity contribution >= 4 is 5.96 Å². The molecule has 0 saturated heterocycles. The monoisotopic (exact) mass is 377 g/mol. The summed E-state index contributed by atoms with van der Waals surface area (Å²) >= 11 is 0. The Kier molecular flexibility index (Phi) is 6.87. The van der Waals surface area contributed by atoms with Crippen molar-refractivity contribution in [3.63, 3.8) is 0 Å². The van der Waals surface area contributed by atoms with Crippen LogP contribution in [0, 0.1) is 0 Å². The molecule has 0 fully saturated rings. The van der Waals surface area contributed by atoms with Gasteiger partial charge in [0.1, 0.15) is 17.9 Å². The van der Waals surface area contributed by atoms with Gasteiger partial charge in [-0.05, 0) is 30.2 Å². The highest BCUT2D eigenvalue weighted by atomic mass is 16.3. The van der Waals surface area contributed by atoms with Gasteiger partial charge >= 0.3 is 0 Å². The summed E-state index contributed by atoms with van der Waals surface area (Å²) in [6, 6.07) is 23.5. The van der Waals surface area contributed by atoms with Crippen LogP contribution in [0.25, 0.3) is 0 Å². The largest absolute Gasteiger partial charge is 0.467 e. The number of hydrogen-bond donors (Lipinski definition) is 3. The molecule has 1 atom stereocenters. The first-order chi connectivity index (χ1) is 13.7. The lowest BCUT2D eigenvalue weighted by Crippen LogP contribution is -2.46. The molecule has 1 unspecified atom stereocenters. The molecule has 3 rings (SSSR count). The fraction of sp³-hybridized carbons (Fsp3) is 0.261. The van der Waals surface area contributed by atoms with Crippen molar-refractivity contribution in [3.8, 4) is 0 Å². The Hall–Kier alpha value is -3.05. The first-order valence-corrected chi connectivity index (χ1v) is 9.56. The molecule has 0 amide bonds. The second kappa shape index (κ2) is 9.76. The van der Waals surface area contributed by atoms with Crippen LogP contribution in [-0.2, 0) is 18.6 Å². The second-order valence-corrected chi connectivity index (χ2v) is 6.69. The standard InChI is InChI=1S/C23H27N3O2/c1-2-24-22(25-17-21-14-9-15-28-21)26-18-23(27,20-12-7-4-8-13-20)16-19-10-5-3-6-11-19/h3-15,27H,2,16-18H2,1H3,(H2,24,25,26). The van der Waals surface area contributed by atoms with Crippen LogP contribution in [-0.4, -0.2) is 24.2 Å². The molecule has 0 radical (unpaired) electrons. The molecule has 2 aromatic carbocycles. The van der Waals surface area contributed by atoms with Crippen molar-refractivity contribution in [1.29, 1.82) is 0 Å². The zero-order valence-corrected chi connectivity index (χ0v) is 16.1. The first-order valence-electron chi connectivity index (χ1n) is 9.56. The minimum absolute atomic E-state index is 0.329. The number of rotatable bonds is 8. The summed E-state index contributed by atoms with van der Waals surface area (Å²) in [4.78, 5) is 4.55. The van der Waals surface area contributed by atoms with Crippen LogP contribution in [0.4, 0.5) is 0 Å². The Balaban J connectivity index is 1.76. The maximum Gasteiger partial charge on any atom is 0.191 e. The lowest BCUT2D eigenvalue weighted by Gasteiger charge is -2.30. The molecule has 3 aromatic rings. The third kappa shape index (κ3) is 5.47. The van der Waals surface area contributed by atoms with Crippen LogP contribution in [0.3, 0.4) is 0 Å². The van der Waals surface area contributed by atoms with Crippen LogP contribution in [0.15, 0.2) is 88.5 Å². The SMILES string of the molecule is CCNC(=NCc1ccco1)NCC(O)(Cc1ccccc1)c1ccccc1. The van der Waals surface area contributed by atoms with Gasteiger partial charge in [0, 0.05) is 13.0 Å². The van der Waals surface area contributed by atoms with Gasteiger partial charge in [0.25, 0.3) is 0 Å². The van der Waals surface area contributed by atoms with Gasteiger partial charge in [-0.15, -0.1) is 0 Å². The summed E-state index contributed by atoms with van der Waals surface area (Å²) in [7, 11) is 0. The van der Waals surface area contributed by atoms with E-state index in [1.807, 2.05) is 79.7 Å². The molecule has 0 spiro atoms. The Morgan fingerprint density at radius 1 is 0.964 bits per heavy atom. The van der Waals surface area contributed by atoms with Gasteiger partial charge in [0.05, 0.1) is 12.8 Å². The van der Waals surface area contributed by atoms with E-state index in [2.05, 4.69) is 15.6 Å². The van der Waals surface area contributed by atoms with Crippen molar-refractivity contribution in [2.24, 2.45) is 4.99 Å². The number of hydrogen-bond acceptors (Lipinski definition) is 3. The fourth-order valence-corrected chi connectivity index (χ4v) is 3.08.